The Labute approximate surface area is 191 Å². The number of aromatic nitrogens is 3. The lowest BCUT2D eigenvalue weighted by Gasteiger charge is -2.16. The molecule has 0 saturated carbocycles. The maximum Gasteiger partial charge on any atom is 0.331 e. The lowest BCUT2D eigenvalue weighted by atomic mass is 10.1. The number of hydrogen-bond donors (Lipinski definition) is 1. The van der Waals surface area contributed by atoms with Crippen LogP contribution in [0.2, 0.25) is 0 Å². The number of nitrogens with one attached hydrogen (secondary N) is 1. The van der Waals surface area contributed by atoms with Crippen LogP contribution in [-0.2, 0) is 31.9 Å². The van der Waals surface area contributed by atoms with E-state index in [2.05, 4.69) is 17.4 Å². The molecule has 0 aliphatic carbocycles. The van der Waals surface area contributed by atoms with Crippen molar-refractivity contribution in [1.82, 2.24) is 19.0 Å². The predicted molar refractivity (Wildman–Crippen MR) is 130 cm³/mol. The van der Waals surface area contributed by atoms with Gasteiger partial charge in [-0.15, -0.1) is 0 Å². The van der Waals surface area contributed by atoms with E-state index < -0.39 is 5.69 Å². The van der Waals surface area contributed by atoms with Gasteiger partial charge in [0.2, 0.25) is 5.91 Å². The smallest absolute Gasteiger partial charge is 0.331 e. The third-order valence-electron chi connectivity index (χ3n) is 5.95. The standard InChI is InChI=1S/C26H28N4O3/c1-18(14-15-19-10-6-4-7-11-19)27-22(31)17-30-23-21(20-12-8-5-9-13-20)16-28(2)24(23)25(32)29(3)26(30)33/h4-13,16,18H,14-15,17H2,1-3H3,(H,27,31). The molecular formula is C26H28N4O3. The first-order valence-corrected chi connectivity index (χ1v) is 11.0. The molecule has 2 aromatic carbocycles. The average molecular weight is 445 g/mol. The molecule has 170 valence electrons. The second-order valence-electron chi connectivity index (χ2n) is 8.44. The van der Waals surface area contributed by atoms with Crippen LogP contribution in [0.15, 0.2) is 76.4 Å². The monoisotopic (exact) mass is 444 g/mol. The summed E-state index contributed by atoms with van der Waals surface area (Å²) in [5.74, 6) is -0.263. The van der Waals surface area contributed by atoms with Crippen LogP contribution in [0.25, 0.3) is 22.2 Å². The Morgan fingerprint density at radius 3 is 2.24 bits per heavy atom. The number of amides is 1. The van der Waals surface area contributed by atoms with Gasteiger partial charge in [-0.3, -0.25) is 18.7 Å². The SMILES string of the molecule is CC(CCc1ccccc1)NC(=O)Cn1c(=O)n(C)c(=O)c2c1c(-c1ccccc1)cn2C. The van der Waals surface area contributed by atoms with Crippen LogP contribution in [0.4, 0.5) is 0 Å². The zero-order valence-electron chi connectivity index (χ0n) is 19.1. The molecule has 1 atom stereocenters. The van der Waals surface area contributed by atoms with Gasteiger partial charge in [0.15, 0.2) is 0 Å². The molecule has 7 heteroatoms. The minimum atomic E-state index is -0.511. The third-order valence-corrected chi connectivity index (χ3v) is 5.95. The van der Waals surface area contributed by atoms with Gasteiger partial charge in [-0.2, -0.15) is 0 Å². The molecule has 0 fully saturated rings. The van der Waals surface area contributed by atoms with Crippen LogP contribution in [-0.4, -0.2) is 25.7 Å². The molecule has 1 N–H and O–H groups in total. The Kier molecular flexibility index (Phi) is 6.31. The van der Waals surface area contributed by atoms with E-state index >= 15 is 0 Å². The van der Waals surface area contributed by atoms with Crippen LogP contribution in [0.3, 0.4) is 0 Å². The summed E-state index contributed by atoms with van der Waals surface area (Å²) < 4.78 is 4.18. The number of carbonyl (C=O) groups excluding carboxylic acids is 1. The summed E-state index contributed by atoms with van der Waals surface area (Å²) in [6.07, 6.45) is 3.47. The van der Waals surface area contributed by atoms with Crippen molar-refractivity contribution >= 4 is 16.9 Å². The van der Waals surface area contributed by atoms with Gasteiger partial charge in [-0.1, -0.05) is 60.7 Å². The molecule has 33 heavy (non-hydrogen) atoms. The number of aryl methyl sites for hydroxylation is 2. The maximum atomic E-state index is 13.1. The number of fused-ring (bicyclic) bond motifs is 1. The fourth-order valence-corrected chi connectivity index (χ4v) is 4.20. The fourth-order valence-electron chi connectivity index (χ4n) is 4.20. The van der Waals surface area contributed by atoms with Crippen LogP contribution < -0.4 is 16.6 Å². The van der Waals surface area contributed by atoms with E-state index in [0.717, 1.165) is 28.5 Å². The number of carbonyl (C=O) groups is 1. The van der Waals surface area contributed by atoms with Crippen molar-refractivity contribution in [3.63, 3.8) is 0 Å². The van der Waals surface area contributed by atoms with E-state index in [4.69, 9.17) is 0 Å². The Morgan fingerprint density at radius 2 is 1.58 bits per heavy atom. The van der Waals surface area contributed by atoms with Gasteiger partial charge in [-0.25, -0.2) is 4.79 Å². The fraction of sp³-hybridized carbons (Fsp3) is 0.269. The van der Waals surface area contributed by atoms with Crippen molar-refractivity contribution in [1.29, 1.82) is 0 Å². The summed E-state index contributed by atoms with van der Waals surface area (Å²) in [5, 5.41) is 3.00. The Hall–Kier alpha value is -3.87. The zero-order valence-corrected chi connectivity index (χ0v) is 19.1. The predicted octanol–water partition coefficient (Wildman–Crippen LogP) is 2.84. The Morgan fingerprint density at radius 1 is 0.939 bits per heavy atom. The van der Waals surface area contributed by atoms with E-state index in [9.17, 15) is 14.4 Å². The van der Waals surface area contributed by atoms with Crippen molar-refractivity contribution in [2.24, 2.45) is 14.1 Å². The second-order valence-corrected chi connectivity index (χ2v) is 8.44. The molecule has 0 saturated heterocycles. The molecule has 4 rings (SSSR count). The van der Waals surface area contributed by atoms with E-state index in [0.29, 0.717) is 11.0 Å². The van der Waals surface area contributed by atoms with Gasteiger partial charge in [0, 0.05) is 31.9 Å². The Bertz CT molecular complexity index is 1400. The van der Waals surface area contributed by atoms with Gasteiger partial charge in [0.1, 0.15) is 12.1 Å². The molecule has 4 aromatic rings. The van der Waals surface area contributed by atoms with E-state index in [1.807, 2.05) is 61.7 Å². The van der Waals surface area contributed by atoms with Crippen molar-refractivity contribution in [2.75, 3.05) is 0 Å². The van der Waals surface area contributed by atoms with E-state index in [-0.39, 0.29) is 24.1 Å². The third kappa shape index (κ3) is 4.53. The van der Waals surface area contributed by atoms with Crippen molar-refractivity contribution in [3.05, 3.63) is 93.3 Å². The van der Waals surface area contributed by atoms with Crippen LogP contribution in [0, 0.1) is 0 Å². The van der Waals surface area contributed by atoms with Crippen molar-refractivity contribution < 1.29 is 4.79 Å². The Balaban J connectivity index is 1.65. The van der Waals surface area contributed by atoms with Gasteiger partial charge >= 0.3 is 5.69 Å². The number of nitrogens with zero attached hydrogens (tertiary/aromatic N) is 3. The second kappa shape index (κ2) is 9.32. The summed E-state index contributed by atoms with van der Waals surface area (Å²) in [4.78, 5) is 38.9. The lowest BCUT2D eigenvalue weighted by Crippen LogP contribution is -2.43. The van der Waals surface area contributed by atoms with Crippen LogP contribution in [0.1, 0.15) is 18.9 Å². The van der Waals surface area contributed by atoms with E-state index in [1.165, 1.54) is 17.2 Å². The highest BCUT2D eigenvalue weighted by molar-refractivity contribution is 5.93. The van der Waals surface area contributed by atoms with Crippen LogP contribution >= 0.6 is 0 Å². The molecule has 0 aliphatic rings. The highest BCUT2D eigenvalue weighted by Gasteiger charge is 2.21. The first-order valence-electron chi connectivity index (χ1n) is 11.0. The highest BCUT2D eigenvalue weighted by atomic mass is 16.2. The number of hydrogen-bond acceptors (Lipinski definition) is 3. The highest BCUT2D eigenvalue weighted by Crippen LogP contribution is 2.27. The average Bonchev–Trinajstić information content (AvgIpc) is 3.17. The minimum Gasteiger partial charge on any atom is -0.352 e. The largest absolute Gasteiger partial charge is 0.352 e. The molecule has 2 heterocycles. The molecule has 0 radical (unpaired) electrons. The van der Waals surface area contributed by atoms with Gasteiger partial charge < -0.3 is 9.88 Å². The topological polar surface area (TPSA) is 78.0 Å². The van der Waals surface area contributed by atoms with Gasteiger partial charge in [-0.05, 0) is 30.9 Å². The molecule has 0 bridgehead atoms. The summed E-state index contributed by atoms with van der Waals surface area (Å²) in [6.45, 7) is 1.79. The van der Waals surface area contributed by atoms with E-state index in [1.54, 1.807) is 11.6 Å². The maximum absolute atomic E-state index is 13.1. The molecule has 1 unspecified atom stereocenters. The summed E-state index contributed by atoms with van der Waals surface area (Å²) >= 11 is 0. The van der Waals surface area contributed by atoms with Gasteiger partial charge in [0.25, 0.3) is 5.56 Å². The van der Waals surface area contributed by atoms with Crippen molar-refractivity contribution in [2.45, 2.75) is 32.4 Å². The quantitative estimate of drug-likeness (QED) is 0.476. The zero-order chi connectivity index (χ0) is 23.5. The minimum absolute atomic E-state index is 0.0548. The number of rotatable bonds is 7. The summed E-state index contributed by atoms with van der Waals surface area (Å²) in [6, 6.07) is 19.6. The lowest BCUT2D eigenvalue weighted by molar-refractivity contribution is -0.122. The molecule has 2 aromatic heterocycles. The normalized spacial score (nSPS) is 12.1. The van der Waals surface area contributed by atoms with Gasteiger partial charge in [0.05, 0.1) is 5.52 Å². The van der Waals surface area contributed by atoms with Crippen molar-refractivity contribution in [3.8, 4) is 11.1 Å². The molecule has 7 nitrogen and oxygen atoms in total. The molecule has 1 amide bonds. The summed E-state index contributed by atoms with van der Waals surface area (Å²) in [5.41, 5.74) is 2.81. The first kappa shape index (κ1) is 22.3. The number of benzene rings is 2. The van der Waals surface area contributed by atoms with Crippen LogP contribution in [0.5, 0.6) is 0 Å². The summed E-state index contributed by atoms with van der Waals surface area (Å²) in [7, 11) is 3.22. The molecular weight excluding hydrogens is 416 g/mol. The molecule has 0 aliphatic heterocycles. The first-order chi connectivity index (χ1) is 15.9. The molecule has 0 spiro atoms.